The average molecular weight is 460 g/mol. The first kappa shape index (κ1) is 25.9. The van der Waals surface area contributed by atoms with Crippen molar-refractivity contribution in [2.45, 2.75) is 91.2 Å². The van der Waals surface area contributed by atoms with E-state index < -0.39 is 0 Å². The van der Waals surface area contributed by atoms with E-state index in [1.165, 1.54) is 25.8 Å². The summed E-state index contributed by atoms with van der Waals surface area (Å²) in [6, 6.07) is 2.51. The molecule has 186 valence electrons. The molecule has 1 aliphatic carbocycles. The molecular formula is C26H45N5O2. The summed E-state index contributed by atoms with van der Waals surface area (Å²) in [4.78, 5) is 26.1. The number of aromatic nitrogens is 2. The normalized spacial score (nSPS) is 22.8. The first-order chi connectivity index (χ1) is 15.7. The van der Waals surface area contributed by atoms with Crippen molar-refractivity contribution in [3.05, 3.63) is 17.6 Å². The lowest BCUT2D eigenvalue weighted by Crippen LogP contribution is -2.37. The standard InChI is InChI=1S/C26H45N5O2/c1-6-33-19-23-18-24(29-25(28-23)26(3,4)5)31-14-7-13-30(16-17-31)15-12-21-8-10-22(11-9-21)27-20(2)32/h18,21-22H,6-17,19H2,1-5H3,(H,27,32). The van der Waals surface area contributed by atoms with E-state index in [1.54, 1.807) is 6.92 Å². The largest absolute Gasteiger partial charge is 0.375 e. The number of ether oxygens (including phenoxy) is 1. The summed E-state index contributed by atoms with van der Waals surface area (Å²) < 4.78 is 5.65. The van der Waals surface area contributed by atoms with E-state index in [0.29, 0.717) is 19.3 Å². The van der Waals surface area contributed by atoms with Gasteiger partial charge in [-0.15, -0.1) is 0 Å². The molecule has 1 aliphatic heterocycles. The van der Waals surface area contributed by atoms with Gasteiger partial charge < -0.3 is 19.9 Å². The number of nitrogens with one attached hydrogen (secondary N) is 1. The van der Waals surface area contributed by atoms with Gasteiger partial charge in [-0.25, -0.2) is 9.97 Å². The van der Waals surface area contributed by atoms with Crippen molar-refractivity contribution >= 4 is 11.7 Å². The maximum absolute atomic E-state index is 11.3. The summed E-state index contributed by atoms with van der Waals surface area (Å²) in [6.45, 7) is 16.8. The molecule has 1 aromatic rings. The van der Waals surface area contributed by atoms with Crippen LogP contribution in [0.2, 0.25) is 0 Å². The highest BCUT2D eigenvalue weighted by atomic mass is 16.5. The van der Waals surface area contributed by atoms with E-state index >= 15 is 0 Å². The highest BCUT2D eigenvalue weighted by Crippen LogP contribution is 2.28. The smallest absolute Gasteiger partial charge is 0.217 e. The van der Waals surface area contributed by atoms with Gasteiger partial charge in [0.05, 0.1) is 12.3 Å². The zero-order valence-corrected chi connectivity index (χ0v) is 21.5. The molecule has 7 nitrogen and oxygen atoms in total. The number of hydrogen-bond donors (Lipinski definition) is 1. The molecule has 1 aromatic heterocycles. The van der Waals surface area contributed by atoms with Gasteiger partial charge in [0.25, 0.3) is 0 Å². The molecule has 2 fully saturated rings. The van der Waals surface area contributed by atoms with Crippen LogP contribution < -0.4 is 10.2 Å². The lowest BCUT2D eigenvalue weighted by atomic mass is 9.84. The highest BCUT2D eigenvalue weighted by Gasteiger charge is 2.24. The van der Waals surface area contributed by atoms with Gasteiger partial charge in [0.2, 0.25) is 5.91 Å². The van der Waals surface area contributed by atoms with Crippen LogP contribution in [0.15, 0.2) is 6.07 Å². The fourth-order valence-corrected chi connectivity index (χ4v) is 4.93. The SMILES string of the molecule is CCOCc1cc(N2CCCN(CCC3CCC(NC(C)=O)CC3)CC2)nc(C(C)(C)C)n1. The minimum atomic E-state index is -0.0895. The fraction of sp³-hybridized carbons (Fsp3) is 0.808. The van der Waals surface area contributed by atoms with Gasteiger partial charge in [-0.3, -0.25) is 4.79 Å². The van der Waals surface area contributed by atoms with E-state index in [-0.39, 0.29) is 11.3 Å². The number of carbonyl (C=O) groups excluding carboxylic acids is 1. The van der Waals surface area contributed by atoms with Crippen LogP contribution in [0.3, 0.4) is 0 Å². The molecule has 3 rings (SSSR count). The summed E-state index contributed by atoms with van der Waals surface area (Å²) in [5.74, 6) is 2.84. The number of amides is 1. The molecule has 33 heavy (non-hydrogen) atoms. The Kier molecular flexibility index (Phi) is 9.50. The highest BCUT2D eigenvalue weighted by molar-refractivity contribution is 5.73. The molecule has 1 saturated heterocycles. The number of hydrogen-bond acceptors (Lipinski definition) is 6. The van der Waals surface area contributed by atoms with Crippen LogP contribution in [-0.2, 0) is 21.6 Å². The van der Waals surface area contributed by atoms with Crippen molar-refractivity contribution in [1.82, 2.24) is 20.2 Å². The molecule has 1 amide bonds. The van der Waals surface area contributed by atoms with Crippen LogP contribution in [0.4, 0.5) is 5.82 Å². The number of nitrogens with zero attached hydrogens (tertiary/aromatic N) is 4. The molecule has 2 aliphatic rings. The van der Waals surface area contributed by atoms with Crippen LogP contribution in [-0.4, -0.2) is 66.1 Å². The van der Waals surface area contributed by atoms with Crippen molar-refractivity contribution in [3.8, 4) is 0 Å². The first-order valence-corrected chi connectivity index (χ1v) is 12.9. The summed E-state index contributed by atoms with van der Waals surface area (Å²) in [5.41, 5.74) is 0.885. The monoisotopic (exact) mass is 459 g/mol. The Morgan fingerprint density at radius 2 is 1.88 bits per heavy atom. The topological polar surface area (TPSA) is 70.6 Å². The van der Waals surface area contributed by atoms with Crippen LogP contribution in [0.25, 0.3) is 0 Å². The molecule has 2 heterocycles. The molecule has 0 bridgehead atoms. The molecule has 1 saturated carbocycles. The minimum Gasteiger partial charge on any atom is -0.375 e. The quantitative estimate of drug-likeness (QED) is 0.636. The predicted octanol–water partition coefficient (Wildman–Crippen LogP) is 3.91. The third-order valence-electron chi connectivity index (χ3n) is 6.91. The van der Waals surface area contributed by atoms with Crippen molar-refractivity contribution in [2.24, 2.45) is 5.92 Å². The minimum absolute atomic E-state index is 0.0895. The fourth-order valence-electron chi connectivity index (χ4n) is 4.93. The Labute approximate surface area is 200 Å². The van der Waals surface area contributed by atoms with E-state index in [4.69, 9.17) is 14.7 Å². The Hall–Kier alpha value is -1.73. The van der Waals surface area contributed by atoms with E-state index in [1.807, 2.05) is 6.92 Å². The van der Waals surface area contributed by atoms with Crippen LogP contribution in [0.5, 0.6) is 0 Å². The van der Waals surface area contributed by atoms with E-state index in [0.717, 1.165) is 68.7 Å². The van der Waals surface area contributed by atoms with Gasteiger partial charge in [-0.2, -0.15) is 0 Å². The number of rotatable bonds is 8. The Morgan fingerprint density at radius 3 is 2.55 bits per heavy atom. The van der Waals surface area contributed by atoms with Crippen molar-refractivity contribution in [1.29, 1.82) is 0 Å². The Morgan fingerprint density at radius 1 is 1.12 bits per heavy atom. The molecule has 0 aromatic carbocycles. The Bertz CT molecular complexity index is 756. The Balaban J connectivity index is 1.53. The number of carbonyl (C=O) groups is 1. The van der Waals surface area contributed by atoms with Gasteiger partial charge >= 0.3 is 0 Å². The molecule has 0 spiro atoms. The second kappa shape index (κ2) is 12.1. The summed E-state index contributed by atoms with van der Waals surface area (Å²) in [6.07, 6.45) is 7.17. The number of anilines is 1. The van der Waals surface area contributed by atoms with Crippen molar-refractivity contribution in [2.75, 3.05) is 44.2 Å². The second-order valence-corrected chi connectivity index (χ2v) is 10.8. The second-order valence-electron chi connectivity index (χ2n) is 10.8. The zero-order chi connectivity index (χ0) is 23.8. The van der Waals surface area contributed by atoms with Crippen LogP contribution in [0, 0.1) is 5.92 Å². The zero-order valence-electron chi connectivity index (χ0n) is 21.5. The lowest BCUT2D eigenvalue weighted by molar-refractivity contribution is -0.119. The van der Waals surface area contributed by atoms with Gasteiger partial charge in [0.15, 0.2) is 0 Å². The summed E-state index contributed by atoms with van der Waals surface area (Å²) in [5, 5.41) is 3.09. The molecule has 0 radical (unpaired) electrons. The molecule has 0 unspecified atom stereocenters. The lowest BCUT2D eigenvalue weighted by Gasteiger charge is -2.30. The third-order valence-corrected chi connectivity index (χ3v) is 6.91. The average Bonchev–Trinajstić information content (AvgIpc) is 3.02. The van der Waals surface area contributed by atoms with Gasteiger partial charge in [0, 0.05) is 50.7 Å². The molecular weight excluding hydrogens is 414 g/mol. The van der Waals surface area contributed by atoms with Gasteiger partial charge in [-0.1, -0.05) is 20.8 Å². The van der Waals surface area contributed by atoms with E-state index in [2.05, 4.69) is 42.0 Å². The molecule has 0 atom stereocenters. The van der Waals surface area contributed by atoms with Crippen LogP contribution in [0.1, 0.15) is 84.7 Å². The van der Waals surface area contributed by atoms with Crippen molar-refractivity contribution in [3.63, 3.8) is 0 Å². The van der Waals surface area contributed by atoms with E-state index in [9.17, 15) is 4.79 Å². The van der Waals surface area contributed by atoms with Gasteiger partial charge in [-0.05, 0) is 64.5 Å². The maximum atomic E-state index is 11.3. The van der Waals surface area contributed by atoms with Crippen LogP contribution >= 0.6 is 0 Å². The van der Waals surface area contributed by atoms with Gasteiger partial charge in [0.1, 0.15) is 11.6 Å². The summed E-state index contributed by atoms with van der Waals surface area (Å²) in [7, 11) is 0. The maximum Gasteiger partial charge on any atom is 0.217 e. The molecule has 7 heteroatoms. The molecule has 1 N–H and O–H groups in total. The predicted molar refractivity (Wildman–Crippen MR) is 134 cm³/mol. The van der Waals surface area contributed by atoms with Crippen molar-refractivity contribution < 1.29 is 9.53 Å². The first-order valence-electron chi connectivity index (χ1n) is 12.9. The summed E-state index contributed by atoms with van der Waals surface area (Å²) >= 11 is 0. The third kappa shape index (κ3) is 8.21.